The molecular formula is C17H15ClF3NO4. The predicted molar refractivity (Wildman–Crippen MR) is 88.2 cm³/mol. The fourth-order valence-electron chi connectivity index (χ4n) is 3.02. The Hall–Kier alpha value is -2.40. The molecule has 0 spiro atoms. The van der Waals surface area contributed by atoms with Crippen molar-refractivity contribution in [3.63, 3.8) is 0 Å². The average molecular weight is 390 g/mol. The van der Waals surface area contributed by atoms with Crippen molar-refractivity contribution in [2.75, 3.05) is 11.5 Å². The fraction of sp³-hybridized carbons (Fsp3) is 0.412. The van der Waals surface area contributed by atoms with Crippen LogP contribution in [0.3, 0.4) is 0 Å². The van der Waals surface area contributed by atoms with E-state index in [2.05, 4.69) is 4.74 Å². The molecule has 1 aliphatic carbocycles. The van der Waals surface area contributed by atoms with Crippen LogP contribution in [0.15, 0.2) is 18.2 Å². The molecule has 1 aromatic rings. The van der Waals surface area contributed by atoms with Gasteiger partial charge in [-0.05, 0) is 37.0 Å². The number of hydrogen-bond acceptors (Lipinski definition) is 3. The normalized spacial score (nSPS) is 16.0. The van der Waals surface area contributed by atoms with Crippen LogP contribution < -0.4 is 9.64 Å². The molecule has 0 unspecified atom stereocenters. The van der Waals surface area contributed by atoms with Gasteiger partial charge in [0, 0.05) is 5.69 Å². The van der Waals surface area contributed by atoms with Gasteiger partial charge in [0.05, 0.1) is 5.02 Å². The summed E-state index contributed by atoms with van der Waals surface area (Å²) in [6, 6.07) is 3.58. The Bertz CT molecular complexity index is 751. The quantitative estimate of drug-likeness (QED) is 0.781. The summed E-state index contributed by atoms with van der Waals surface area (Å²) in [6.45, 7) is -1.53. The SMILES string of the molecule is C#CC(=O)N(c1ccc(OCC(F)(F)F)c(Cl)c1)C1(C(=O)O)CCCC1. The molecule has 0 aromatic heterocycles. The maximum absolute atomic E-state index is 12.3. The molecule has 1 amide bonds. The molecule has 2 rings (SSSR count). The molecule has 1 aromatic carbocycles. The van der Waals surface area contributed by atoms with Crippen LogP contribution in [0.2, 0.25) is 5.02 Å². The number of amides is 1. The number of rotatable bonds is 5. The van der Waals surface area contributed by atoms with E-state index in [-0.39, 0.29) is 29.3 Å². The van der Waals surface area contributed by atoms with Gasteiger partial charge < -0.3 is 9.84 Å². The highest BCUT2D eigenvalue weighted by Gasteiger charge is 2.49. The van der Waals surface area contributed by atoms with E-state index < -0.39 is 30.2 Å². The summed E-state index contributed by atoms with van der Waals surface area (Å²) in [5.74, 6) is -0.408. The van der Waals surface area contributed by atoms with E-state index >= 15 is 0 Å². The van der Waals surface area contributed by atoms with E-state index in [0.717, 1.165) is 11.0 Å². The Morgan fingerprint density at radius 1 is 1.35 bits per heavy atom. The van der Waals surface area contributed by atoms with Crippen molar-refractivity contribution in [2.45, 2.75) is 37.4 Å². The van der Waals surface area contributed by atoms with Crippen molar-refractivity contribution in [2.24, 2.45) is 0 Å². The zero-order valence-corrected chi connectivity index (χ0v) is 14.2. The van der Waals surface area contributed by atoms with Crippen molar-refractivity contribution in [3.05, 3.63) is 23.2 Å². The monoisotopic (exact) mass is 389 g/mol. The minimum atomic E-state index is -4.54. The lowest BCUT2D eigenvalue weighted by Gasteiger charge is -2.36. The summed E-state index contributed by atoms with van der Waals surface area (Å²) in [5, 5.41) is 9.50. The van der Waals surface area contributed by atoms with E-state index in [1.165, 1.54) is 12.1 Å². The number of terminal acetylenes is 1. The van der Waals surface area contributed by atoms with Gasteiger partial charge in [0.1, 0.15) is 11.3 Å². The number of nitrogens with zero attached hydrogens (tertiary/aromatic N) is 1. The molecule has 1 saturated carbocycles. The largest absolute Gasteiger partial charge is 0.483 e. The van der Waals surface area contributed by atoms with Crippen LogP contribution in [0.1, 0.15) is 25.7 Å². The van der Waals surface area contributed by atoms with Gasteiger partial charge in [0.2, 0.25) is 0 Å². The molecule has 1 fully saturated rings. The topological polar surface area (TPSA) is 66.8 Å². The van der Waals surface area contributed by atoms with Gasteiger partial charge in [-0.25, -0.2) is 4.79 Å². The van der Waals surface area contributed by atoms with Gasteiger partial charge in [-0.3, -0.25) is 9.69 Å². The Morgan fingerprint density at radius 3 is 2.42 bits per heavy atom. The van der Waals surface area contributed by atoms with E-state index in [1.54, 1.807) is 0 Å². The number of alkyl halides is 3. The first-order chi connectivity index (χ1) is 12.1. The van der Waals surface area contributed by atoms with E-state index in [4.69, 9.17) is 18.0 Å². The molecule has 1 N–H and O–H groups in total. The summed E-state index contributed by atoms with van der Waals surface area (Å²) in [5.41, 5.74) is -1.43. The molecular weight excluding hydrogens is 375 g/mol. The van der Waals surface area contributed by atoms with Gasteiger partial charge in [-0.1, -0.05) is 24.4 Å². The van der Waals surface area contributed by atoms with Gasteiger partial charge in [-0.15, -0.1) is 6.42 Å². The predicted octanol–water partition coefficient (Wildman–Crippen LogP) is 3.64. The van der Waals surface area contributed by atoms with Crippen LogP contribution in [0.5, 0.6) is 5.75 Å². The first-order valence-corrected chi connectivity index (χ1v) is 8.02. The number of halogens is 4. The summed E-state index contributed by atoms with van der Waals surface area (Å²) in [6.07, 6.45) is 2.26. The third-order valence-electron chi connectivity index (χ3n) is 4.15. The van der Waals surface area contributed by atoms with E-state index in [0.29, 0.717) is 12.8 Å². The number of aliphatic carboxylic acids is 1. The van der Waals surface area contributed by atoms with Crippen molar-refractivity contribution >= 4 is 29.2 Å². The lowest BCUT2D eigenvalue weighted by Crippen LogP contribution is -2.55. The zero-order valence-electron chi connectivity index (χ0n) is 13.5. The maximum atomic E-state index is 12.3. The minimum Gasteiger partial charge on any atom is -0.483 e. The van der Waals surface area contributed by atoms with Gasteiger partial charge in [0.15, 0.2) is 6.61 Å². The van der Waals surface area contributed by atoms with Crippen molar-refractivity contribution in [3.8, 4) is 18.1 Å². The van der Waals surface area contributed by atoms with Crippen LogP contribution in [-0.2, 0) is 9.59 Å². The summed E-state index contributed by atoms with van der Waals surface area (Å²) < 4.78 is 41.4. The molecule has 0 radical (unpaired) electrons. The number of anilines is 1. The van der Waals surface area contributed by atoms with Gasteiger partial charge in [0.25, 0.3) is 0 Å². The zero-order chi connectivity index (χ0) is 19.5. The Labute approximate surface area is 152 Å². The van der Waals surface area contributed by atoms with Crippen LogP contribution in [0.25, 0.3) is 0 Å². The number of ether oxygens (including phenoxy) is 1. The maximum Gasteiger partial charge on any atom is 0.422 e. The molecule has 0 atom stereocenters. The van der Waals surface area contributed by atoms with Gasteiger partial charge in [-0.2, -0.15) is 13.2 Å². The number of carboxylic acids is 1. The number of hydrogen-bond donors (Lipinski definition) is 1. The summed E-state index contributed by atoms with van der Waals surface area (Å²) >= 11 is 5.95. The highest BCUT2D eigenvalue weighted by molar-refractivity contribution is 6.32. The lowest BCUT2D eigenvalue weighted by molar-refractivity contribution is -0.153. The second kappa shape index (κ2) is 7.46. The van der Waals surface area contributed by atoms with Crippen LogP contribution in [-0.4, -0.2) is 35.3 Å². The third-order valence-corrected chi connectivity index (χ3v) is 4.44. The van der Waals surface area contributed by atoms with Crippen LogP contribution >= 0.6 is 11.6 Å². The molecule has 0 aliphatic heterocycles. The first kappa shape index (κ1) is 19.9. The second-order valence-corrected chi connectivity index (χ2v) is 6.25. The fourth-order valence-corrected chi connectivity index (χ4v) is 3.25. The Kier molecular flexibility index (Phi) is 5.71. The summed E-state index contributed by atoms with van der Waals surface area (Å²) in [4.78, 5) is 25.1. The number of carbonyl (C=O) groups is 2. The average Bonchev–Trinajstić information content (AvgIpc) is 3.04. The molecule has 0 bridgehead atoms. The molecule has 0 saturated heterocycles. The highest BCUT2D eigenvalue weighted by atomic mass is 35.5. The van der Waals surface area contributed by atoms with Crippen molar-refractivity contribution in [1.82, 2.24) is 0 Å². The number of benzene rings is 1. The minimum absolute atomic E-state index is 0.0848. The standard InChI is InChI=1S/C17H15ClF3NO4/c1-2-14(23)22(16(15(24)25)7-3-4-8-16)11-5-6-13(12(18)9-11)26-10-17(19,20)21/h1,5-6,9H,3-4,7-8,10H2,(H,24,25). The van der Waals surface area contributed by atoms with Crippen LogP contribution in [0, 0.1) is 12.3 Å². The molecule has 140 valence electrons. The Morgan fingerprint density at radius 2 is 1.96 bits per heavy atom. The molecule has 5 nitrogen and oxygen atoms in total. The molecule has 26 heavy (non-hydrogen) atoms. The van der Waals surface area contributed by atoms with Gasteiger partial charge >= 0.3 is 18.1 Å². The number of carboxylic acid groups (broad SMARTS) is 1. The first-order valence-electron chi connectivity index (χ1n) is 7.64. The summed E-state index contributed by atoms with van der Waals surface area (Å²) in [7, 11) is 0. The van der Waals surface area contributed by atoms with Crippen molar-refractivity contribution in [1.29, 1.82) is 0 Å². The smallest absolute Gasteiger partial charge is 0.422 e. The van der Waals surface area contributed by atoms with Crippen molar-refractivity contribution < 1.29 is 32.6 Å². The number of carbonyl (C=O) groups excluding carboxylic acids is 1. The Balaban J connectivity index is 2.41. The van der Waals surface area contributed by atoms with E-state index in [1.807, 2.05) is 5.92 Å². The van der Waals surface area contributed by atoms with E-state index in [9.17, 15) is 27.9 Å². The molecule has 1 aliphatic rings. The highest BCUT2D eigenvalue weighted by Crippen LogP contribution is 2.40. The molecule has 0 heterocycles. The molecule has 9 heteroatoms. The lowest BCUT2D eigenvalue weighted by atomic mass is 9.94. The van der Waals surface area contributed by atoms with Crippen LogP contribution in [0.4, 0.5) is 18.9 Å². The second-order valence-electron chi connectivity index (χ2n) is 5.85. The third kappa shape index (κ3) is 4.05.